The smallest absolute Gasteiger partial charge is 0.243 e. The van der Waals surface area contributed by atoms with E-state index < -0.39 is 22.0 Å². The van der Waals surface area contributed by atoms with E-state index in [-0.39, 0.29) is 23.9 Å². The SMILES string of the molecule is CC[C@H](C(=O)NC)N(Cc1ccccc1)C(=O)CN(C)S(=O)(=O)c1ccc(C)cc1. The molecule has 0 aliphatic rings. The summed E-state index contributed by atoms with van der Waals surface area (Å²) in [7, 11) is -0.942. The van der Waals surface area contributed by atoms with Gasteiger partial charge in [0.05, 0.1) is 11.4 Å². The summed E-state index contributed by atoms with van der Waals surface area (Å²) in [4.78, 5) is 27.1. The first kappa shape index (κ1) is 23.6. The zero-order valence-electron chi connectivity index (χ0n) is 17.8. The summed E-state index contributed by atoms with van der Waals surface area (Å²) in [6.45, 7) is 3.53. The first-order chi connectivity index (χ1) is 14.2. The van der Waals surface area contributed by atoms with Crippen LogP contribution in [0.25, 0.3) is 0 Å². The molecule has 0 spiro atoms. The van der Waals surface area contributed by atoms with Gasteiger partial charge in [-0.05, 0) is 31.0 Å². The maximum atomic E-state index is 13.2. The zero-order valence-corrected chi connectivity index (χ0v) is 18.6. The first-order valence-electron chi connectivity index (χ1n) is 9.78. The Balaban J connectivity index is 2.27. The predicted molar refractivity (Wildman–Crippen MR) is 116 cm³/mol. The fraction of sp³-hybridized carbons (Fsp3) is 0.364. The third kappa shape index (κ3) is 5.67. The maximum absolute atomic E-state index is 13.2. The lowest BCUT2D eigenvalue weighted by Crippen LogP contribution is -2.51. The molecule has 0 radical (unpaired) electrons. The molecule has 0 aliphatic carbocycles. The lowest BCUT2D eigenvalue weighted by molar-refractivity contribution is -0.141. The van der Waals surface area contributed by atoms with Gasteiger partial charge in [0.25, 0.3) is 0 Å². The van der Waals surface area contributed by atoms with Crippen molar-refractivity contribution >= 4 is 21.8 Å². The second-order valence-electron chi connectivity index (χ2n) is 7.12. The molecule has 162 valence electrons. The van der Waals surface area contributed by atoms with Crippen molar-refractivity contribution in [3.8, 4) is 0 Å². The van der Waals surface area contributed by atoms with Crippen LogP contribution in [-0.4, -0.2) is 56.1 Å². The second-order valence-corrected chi connectivity index (χ2v) is 9.16. The average Bonchev–Trinajstić information content (AvgIpc) is 2.74. The van der Waals surface area contributed by atoms with Crippen molar-refractivity contribution in [3.05, 3.63) is 65.7 Å². The Bertz CT molecular complexity index is 960. The maximum Gasteiger partial charge on any atom is 0.243 e. The van der Waals surface area contributed by atoms with Crippen LogP contribution in [0.3, 0.4) is 0 Å². The average molecular weight is 432 g/mol. The Kier molecular flexibility index (Phi) is 8.14. The quantitative estimate of drug-likeness (QED) is 0.659. The van der Waals surface area contributed by atoms with Crippen LogP contribution in [0.2, 0.25) is 0 Å². The van der Waals surface area contributed by atoms with Crippen LogP contribution in [0.1, 0.15) is 24.5 Å². The van der Waals surface area contributed by atoms with Gasteiger partial charge in [-0.3, -0.25) is 9.59 Å². The minimum atomic E-state index is -3.83. The molecule has 1 N–H and O–H groups in total. The van der Waals surface area contributed by atoms with E-state index in [0.29, 0.717) is 6.42 Å². The predicted octanol–water partition coefficient (Wildman–Crippen LogP) is 2.17. The summed E-state index contributed by atoms with van der Waals surface area (Å²) >= 11 is 0. The van der Waals surface area contributed by atoms with E-state index >= 15 is 0 Å². The number of carbonyl (C=O) groups excluding carboxylic acids is 2. The molecular formula is C22H29N3O4S. The highest BCUT2D eigenvalue weighted by molar-refractivity contribution is 7.89. The van der Waals surface area contributed by atoms with E-state index in [1.165, 1.54) is 31.1 Å². The van der Waals surface area contributed by atoms with Crippen molar-refractivity contribution in [1.29, 1.82) is 0 Å². The van der Waals surface area contributed by atoms with E-state index in [4.69, 9.17) is 0 Å². The molecule has 7 nitrogen and oxygen atoms in total. The Morgan fingerprint density at radius 1 is 1.03 bits per heavy atom. The monoisotopic (exact) mass is 431 g/mol. The van der Waals surface area contributed by atoms with Crippen LogP contribution in [-0.2, 0) is 26.2 Å². The fourth-order valence-corrected chi connectivity index (χ4v) is 4.24. The number of nitrogens with zero attached hydrogens (tertiary/aromatic N) is 2. The molecule has 8 heteroatoms. The lowest BCUT2D eigenvalue weighted by atomic mass is 10.1. The normalized spacial score (nSPS) is 12.4. The van der Waals surface area contributed by atoms with E-state index in [9.17, 15) is 18.0 Å². The summed E-state index contributed by atoms with van der Waals surface area (Å²) < 4.78 is 26.8. The highest BCUT2D eigenvalue weighted by atomic mass is 32.2. The van der Waals surface area contributed by atoms with Gasteiger partial charge < -0.3 is 10.2 Å². The van der Waals surface area contributed by atoms with Gasteiger partial charge in [-0.2, -0.15) is 4.31 Å². The van der Waals surface area contributed by atoms with Gasteiger partial charge >= 0.3 is 0 Å². The molecule has 2 rings (SSSR count). The highest BCUT2D eigenvalue weighted by Gasteiger charge is 2.31. The van der Waals surface area contributed by atoms with Crippen LogP contribution in [0.5, 0.6) is 0 Å². The number of hydrogen-bond acceptors (Lipinski definition) is 4. The van der Waals surface area contributed by atoms with Gasteiger partial charge in [0.15, 0.2) is 0 Å². The molecule has 2 aromatic carbocycles. The van der Waals surface area contributed by atoms with Crippen LogP contribution in [0.15, 0.2) is 59.5 Å². The molecule has 2 amide bonds. The number of hydrogen-bond donors (Lipinski definition) is 1. The van der Waals surface area contributed by atoms with Gasteiger partial charge in [-0.25, -0.2) is 8.42 Å². The molecule has 0 aliphatic heterocycles. The van der Waals surface area contributed by atoms with Gasteiger partial charge in [-0.1, -0.05) is 55.0 Å². The summed E-state index contributed by atoms with van der Waals surface area (Å²) in [5, 5.41) is 2.59. The van der Waals surface area contributed by atoms with Crippen molar-refractivity contribution < 1.29 is 18.0 Å². The second kappa shape index (κ2) is 10.4. The molecular weight excluding hydrogens is 402 g/mol. The summed E-state index contributed by atoms with van der Waals surface area (Å²) in [5.41, 5.74) is 1.80. The minimum absolute atomic E-state index is 0.122. The van der Waals surface area contributed by atoms with Crippen molar-refractivity contribution in [3.63, 3.8) is 0 Å². The third-order valence-corrected chi connectivity index (χ3v) is 6.73. The first-order valence-corrected chi connectivity index (χ1v) is 11.2. The molecule has 0 saturated carbocycles. The van der Waals surface area contributed by atoms with Crippen molar-refractivity contribution in [2.24, 2.45) is 0 Å². The minimum Gasteiger partial charge on any atom is -0.357 e. The fourth-order valence-electron chi connectivity index (χ4n) is 3.12. The third-order valence-electron chi connectivity index (χ3n) is 4.92. The number of amides is 2. The number of nitrogens with one attached hydrogen (secondary N) is 1. The summed E-state index contributed by atoms with van der Waals surface area (Å²) in [5.74, 6) is -0.724. The number of aryl methyl sites for hydroxylation is 1. The molecule has 0 fully saturated rings. The number of rotatable bonds is 9. The molecule has 30 heavy (non-hydrogen) atoms. The van der Waals surface area contributed by atoms with Gasteiger partial charge in [0.2, 0.25) is 21.8 Å². The molecule has 1 atom stereocenters. The van der Waals surface area contributed by atoms with Crippen molar-refractivity contribution in [2.75, 3.05) is 20.6 Å². The van der Waals surface area contributed by atoms with Crippen molar-refractivity contribution in [2.45, 2.75) is 37.8 Å². The highest BCUT2D eigenvalue weighted by Crippen LogP contribution is 2.17. The summed E-state index contributed by atoms with van der Waals surface area (Å²) in [6.07, 6.45) is 0.409. The van der Waals surface area contributed by atoms with E-state index in [2.05, 4.69) is 5.32 Å². The largest absolute Gasteiger partial charge is 0.357 e. The number of likely N-dealkylation sites (N-methyl/N-ethyl adjacent to an activating group) is 2. The van der Waals surface area contributed by atoms with Crippen LogP contribution in [0.4, 0.5) is 0 Å². The van der Waals surface area contributed by atoms with E-state index in [1.807, 2.05) is 44.2 Å². The molecule has 0 bridgehead atoms. The lowest BCUT2D eigenvalue weighted by Gasteiger charge is -2.31. The van der Waals surface area contributed by atoms with Gasteiger partial charge in [0, 0.05) is 20.6 Å². The molecule has 0 aromatic heterocycles. The number of sulfonamides is 1. The van der Waals surface area contributed by atoms with E-state index in [0.717, 1.165) is 15.4 Å². The molecule has 0 saturated heterocycles. The van der Waals surface area contributed by atoms with Crippen LogP contribution >= 0.6 is 0 Å². The zero-order chi connectivity index (χ0) is 22.3. The van der Waals surface area contributed by atoms with Crippen LogP contribution in [0, 0.1) is 6.92 Å². The van der Waals surface area contributed by atoms with E-state index in [1.54, 1.807) is 12.1 Å². The number of carbonyl (C=O) groups is 2. The Labute approximate surface area is 178 Å². The van der Waals surface area contributed by atoms with Gasteiger partial charge in [-0.15, -0.1) is 0 Å². The van der Waals surface area contributed by atoms with Gasteiger partial charge in [0.1, 0.15) is 6.04 Å². The molecule has 0 heterocycles. The Hall–Kier alpha value is -2.71. The summed E-state index contributed by atoms with van der Waals surface area (Å²) in [6, 6.07) is 15.1. The van der Waals surface area contributed by atoms with Crippen molar-refractivity contribution in [1.82, 2.24) is 14.5 Å². The standard InChI is InChI=1S/C22H29N3O4S/c1-5-20(22(27)23-3)25(15-18-9-7-6-8-10-18)21(26)16-24(4)30(28,29)19-13-11-17(2)12-14-19/h6-14,20H,5,15-16H2,1-4H3,(H,23,27)/t20-/m1/s1. The molecule has 0 unspecified atom stereocenters. The Morgan fingerprint density at radius 2 is 1.63 bits per heavy atom. The van der Waals surface area contributed by atoms with Crippen LogP contribution < -0.4 is 5.32 Å². The topological polar surface area (TPSA) is 86.8 Å². The molecule has 2 aromatic rings. The number of benzene rings is 2. The Morgan fingerprint density at radius 3 is 2.17 bits per heavy atom.